The van der Waals surface area contributed by atoms with Gasteiger partial charge in [0.15, 0.2) is 16.9 Å². The van der Waals surface area contributed by atoms with Gasteiger partial charge in [0.25, 0.3) is 0 Å². The number of fused-ring (bicyclic) bond motifs is 1. The van der Waals surface area contributed by atoms with Crippen molar-refractivity contribution >= 4 is 32.8 Å². The second-order valence-electron chi connectivity index (χ2n) is 6.79. The van der Waals surface area contributed by atoms with E-state index in [-0.39, 0.29) is 0 Å². The topological polar surface area (TPSA) is 79.1 Å². The van der Waals surface area contributed by atoms with Crippen molar-refractivity contribution in [2.75, 3.05) is 18.0 Å². The van der Waals surface area contributed by atoms with Gasteiger partial charge in [-0.15, -0.1) is 0 Å². The van der Waals surface area contributed by atoms with Crippen molar-refractivity contribution in [3.8, 4) is 17.3 Å². The Balaban J connectivity index is 1.82. The number of piperidine rings is 1. The van der Waals surface area contributed by atoms with E-state index in [4.69, 9.17) is 20.0 Å². The Morgan fingerprint density at radius 2 is 1.96 bits per heavy atom. The van der Waals surface area contributed by atoms with Gasteiger partial charge in [-0.2, -0.15) is 10.2 Å². The molecule has 0 unspecified atom stereocenters. The Hall–Kier alpha value is -2.98. The minimum Gasteiger partial charge on any atom is -0.444 e. The number of anilines is 1. The number of ether oxygens (including phenoxy) is 1. The molecule has 1 aliphatic rings. The van der Waals surface area contributed by atoms with Gasteiger partial charge in [0.2, 0.25) is 0 Å². The van der Waals surface area contributed by atoms with Crippen LogP contribution in [0.4, 0.5) is 5.13 Å². The highest BCUT2D eigenvalue weighted by molar-refractivity contribution is 7.22. The number of aromatic nitrogens is 2. The molecule has 4 rings (SSSR count). The molecule has 1 aromatic carbocycles. The molecule has 3 heterocycles. The van der Waals surface area contributed by atoms with Gasteiger partial charge in [-0.3, -0.25) is 0 Å². The van der Waals surface area contributed by atoms with Crippen LogP contribution in [0.3, 0.4) is 0 Å². The Bertz CT molecular complexity index is 1040. The number of hydrogen-bond donors (Lipinski definition) is 0. The molecule has 0 radical (unpaired) electrons. The number of benzene rings is 1. The predicted octanol–water partition coefficient (Wildman–Crippen LogP) is 4.42. The van der Waals surface area contributed by atoms with Crippen molar-refractivity contribution in [1.82, 2.24) is 9.97 Å². The van der Waals surface area contributed by atoms with E-state index in [1.54, 1.807) is 13.0 Å². The summed E-state index contributed by atoms with van der Waals surface area (Å²) in [6.07, 6.45) is 2.72. The summed E-state index contributed by atoms with van der Waals surface area (Å²) in [5.41, 5.74) is 2.52. The number of thiazole rings is 1. The average Bonchev–Trinajstić information content (AvgIpc) is 3.18. The molecule has 7 heteroatoms. The molecule has 0 spiro atoms. The van der Waals surface area contributed by atoms with Crippen LogP contribution < -0.4 is 4.90 Å². The molecule has 0 amide bonds. The van der Waals surface area contributed by atoms with E-state index in [0.717, 1.165) is 36.6 Å². The summed E-state index contributed by atoms with van der Waals surface area (Å²) in [5, 5.41) is 9.88. The van der Waals surface area contributed by atoms with Gasteiger partial charge in [0.1, 0.15) is 6.07 Å². The minimum atomic E-state index is -0.814. The van der Waals surface area contributed by atoms with Crippen molar-refractivity contribution in [2.24, 2.45) is 0 Å². The van der Waals surface area contributed by atoms with E-state index in [0.29, 0.717) is 21.6 Å². The smallest absolute Gasteiger partial charge is 0.341 e. The van der Waals surface area contributed by atoms with Crippen LogP contribution in [0.1, 0.15) is 36.5 Å². The highest BCUT2D eigenvalue weighted by Crippen LogP contribution is 2.34. The van der Waals surface area contributed by atoms with Crippen LogP contribution in [0.5, 0.6) is 0 Å². The fourth-order valence-electron chi connectivity index (χ4n) is 3.28. The molecule has 3 aromatic rings. The lowest BCUT2D eigenvalue weighted by atomic mass is 10.1. The Kier molecular flexibility index (Phi) is 5.22. The largest absolute Gasteiger partial charge is 0.444 e. The van der Waals surface area contributed by atoms with Crippen LogP contribution in [0.25, 0.3) is 21.6 Å². The van der Waals surface area contributed by atoms with Gasteiger partial charge in [-0.1, -0.05) is 41.7 Å². The zero-order valence-corrected chi connectivity index (χ0v) is 16.4. The number of esters is 1. The van der Waals surface area contributed by atoms with Gasteiger partial charge in [0, 0.05) is 18.7 Å². The van der Waals surface area contributed by atoms with E-state index in [1.165, 1.54) is 17.8 Å². The highest BCUT2D eigenvalue weighted by atomic mass is 32.1. The number of nitrogens with zero attached hydrogens (tertiary/aromatic N) is 4. The molecule has 1 fully saturated rings. The molecule has 1 saturated heterocycles. The number of nitriles is 1. The van der Waals surface area contributed by atoms with Crippen LogP contribution in [-0.2, 0) is 4.74 Å². The number of carbonyl (C=O) groups excluding carboxylic acids is 1. The van der Waals surface area contributed by atoms with Gasteiger partial charge < -0.3 is 9.64 Å². The summed E-state index contributed by atoms with van der Waals surface area (Å²) >= 11 is 1.47. The first-order valence-electron chi connectivity index (χ1n) is 9.38. The molecule has 1 aliphatic heterocycles. The van der Waals surface area contributed by atoms with Crippen LogP contribution >= 0.6 is 11.3 Å². The number of pyridine rings is 1. The monoisotopic (exact) mass is 392 g/mol. The van der Waals surface area contributed by atoms with E-state index in [1.807, 2.05) is 36.4 Å². The van der Waals surface area contributed by atoms with Crippen LogP contribution in [0.2, 0.25) is 0 Å². The number of hydrogen-bond acceptors (Lipinski definition) is 7. The summed E-state index contributed by atoms with van der Waals surface area (Å²) in [4.78, 5) is 24.4. The fraction of sp³-hybridized carbons (Fsp3) is 0.333. The Morgan fingerprint density at radius 3 is 2.68 bits per heavy atom. The van der Waals surface area contributed by atoms with Crippen LogP contribution in [0, 0.1) is 11.3 Å². The van der Waals surface area contributed by atoms with Crippen molar-refractivity contribution in [2.45, 2.75) is 32.3 Å². The van der Waals surface area contributed by atoms with E-state index >= 15 is 0 Å². The zero-order chi connectivity index (χ0) is 19.5. The van der Waals surface area contributed by atoms with Crippen LogP contribution in [-0.4, -0.2) is 35.1 Å². The maximum Gasteiger partial charge on any atom is 0.341 e. The van der Waals surface area contributed by atoms with Crippen molar-refractivity contribution in [3.63, 3.8) is 0 Å². The molecule has 1 atom stereocenters. The third kappa shape index (κ3) is 3.69. The van der Waals surface area contributed by atoms with E-state index < -0.39 is 12.1 Å². The van der Waals surface area contributed by atoms with Gasteiger partial charge in [-0.25, -0.2) is 9.78 Å². The molecule has 0 aliphatic carbocycles. The molecule has 6 nitrogen and oxygen atoms in total. The number of carbonyl (C=O) groups is 1. The van der Waals surface area contributed by atoms with Crippen LogP contribution in [0.15, 0.2) is 36.4 Å². The highest BCUT2D eigenvalue weighted by Gasteiger charge is 2.23. The third-order valence-corrected chi connectivity index (χ3v) is 5.87. The molecule has 0 N–H and O–H groups in total. The molecule has 142 valence electrons. The summed E-state index contributed by atoms with van der Waals surface area (Å²) in [7, 11) is 0. The van der Waals surface area contributed by atoms with Gasteiger partial charge in [0.05, 0.1) is 16.0 Å². The first-order valence-corrected chi connectivity index (χ1v) is 10.2. The lowest BCUT2D eigenvalue weighted by molar-refractivity contribution is 0.0438. The lowest BCUT2D eigenvalue weighted by Crippen LogP contribution is -2.29. The minimum absolute atomic E-state index is 0.409. The van der Waals surface area contributed by atoms with Gasteiger partial charge >= 0.3 is 5.97 Å². The maximum atomic E-state index is 12.8. The summed E-state index contributed by atoms with van der Waals surface area (Å²) in [5.74, 6) is -0.521. The summed E-state index contributed by atoms with van der Waals surface area (Å²) in [6, 6.07) is 13.4. The molecular formula is C21H20N4O2S. The molecule has 28 heavy (non-hydrogen) atoms. The summed E-state index contributed by atoms with van der Waals surface area (Å²) in [6.45, 7) is 3.49. The van der Waals surface area contributed by atoms with Crippen molar-refractivity contribution in [3.05, 3.63) is 42.0 Å². The Labute approximate surface area is 167 Å². The fourth-order valence-corrected chi connectivity index (χ4v) is 4.34. The maximum absolute atomic E-state index is 12.8. The first kappa shape index (κ1) is 18.4. The Morgan fingerprint density at radius 1 is 1.21 bits per heavy atom. The van der Waals surface area contributed by atoms with Gasteiger partial charge in [-0.05, 0) is 32.3 Å². The molecule has 0 saturated carbocycles. The summed E-state index contributed by atoms with van der Waals surface area (Å²) < 4.78 is 5.98. The predicted molar refractivity (Wildman–Crippen MR) is 109 cm³/mol. The zero-order valence-electron chi connectivity index (χ0n) is 15.6. The molecule has 2 aromatic heterocycles. The lowest BCUT2D eigenvalue weighted by Gasteiger charge is -2.25. The second kappa shape index (κ2) is 7.95. The molecule has 0 bridgehead atoms. The van der Waals surface area contributed by atoms with E-state index in [9.17, 15) is 4.79 Å². The van der Waals surface area contributed by atoms with E-state index in [2.05, 4.69) is 4.90 Å². The third-order valence-electron chi connectivity index (χ3n) is 4.73. The average molecular weight is 392 g/mol. The number of rotatable bonds is 4. The van der Waals surface area contributed by atoms with Crippen molar-refractivity contribution < 1.29 is 9.53 Å². The first-order chi connectivity index (χ1) is 13.7. The van der Waals surface area contributed by atoms with Crippen molar-refractivity contribution in [1.29, 1.82) is 5.26 Å². The molecular weight excluding hydrogens is 372 g/mol. The standard InChI is InChI=1S/C21H20N4O2S/c1-14(13-22)27-20(26)16-12-17(15-8-4-2-5-9-15)23-19-18(16)28-21(24-19)25-10-6-3-7-11-25/h2,4-5,8-9,12,14H,3,6-7,10-11H2,1H3/t14-/m0/s1. The quantitative estimate of drug-likeness (QED) is 0.612. The second-order valence-corrected chi connectivity index (χ2v) is 7.77. The SMILES string of the molecule is C[C@@H](C#N)OC(=O)c1cc(-c2ccccc2)nc2nc(N3CCCCC3)sc12. The normalized spacial score (nSPS) is 15.2.